The lowest BCUT2D eigenvalue weighted by Gasteiger charge is -2.34. The molecule has 0 aliphatic heterocycles. The third kappa shape index (κ3) is 17.6. The van der Waals surface area contributed by atoms with Crippen LogP contribution in [-0.2, 0) is 17.7 Å². The van der Waals surface area contributed by atoms with E-state index in [9.17, 15) is 0 Å². The molecule has 1 aromatic heterocycles. The second-order valence-electron chi connectivity index (χ2n) is 12.6. The summed E-state index contributed by atoms with van der Waals surface area (Å²) in [5, 5.41) is 8.75. The van der Waals surface area contributed by atoms with E-state index in [0.717, 1.165) is 57.4 Å². The zero-order valence-electron chi connectivity index (χ0n) is 25.6. The third-order valence-corrected chi connectivity index (χ3v) is 6.02. The fourth-order valence-corrected chi connectivity index (χ4v) is 4.76. The van der Waals surface area contributed by atoms with Gasteiger partial charge in [0.25, 0.3) is 0 Å². The predicted molar refractivity (Wildman–Crippen MR) is 154 cm³/mol. The third-order valence-electron chi connectivity index (χ3n) is 6.02. The molecule has 0 spiro atoms. The molecule has 4 heteroatoms. The molecule has 0 saturated heterocycles. The summed E-state index contributed by atoms with van der Waals surface area (Å²) in [5.41, 5.74) is 4.38. The van der Waals surface area contributed by atoms with Gasteiger partial charge in [-0.1, -0.05) is 83.9 Å². The Hall–Kier alpha value is -1.42. The van der Waals surface area contributed by atoms with Crippen molar-refractivity contribution in [2.24, 2.45) is 10.8 Å². The molecule has 0 unspecified atom stereocenters. The summed E-state index contributed by atoms with van der Waals surface area (Å²) in [6.07, 6.45) is 15.5. The largest absolute Gasteiger partial charge is 0.375 e. The Morgan fingerprint density at radius 3 is 2.20 bits per heavy atom. The van der Waals surface area contributed by atoms with Gasteiger partial charge in [0.2, 0.25) is 0 Å². The molecule has 0 aliphatic rings. The zero-order valence-corrected chi connectivity index (χ0v) is 25.6. The highest BCUT2D eigenvalue weighted by Crippen LogP contribution is 2.36. The number of hydrogen-bond acceptors (Lipinski definition) is 3. The van der Waals surface area contributed by atoms with Crippen LogP contribution in [0.1, 0.15) is 134 Å². The van der Waals surface area contributed by atoms with E-state index in [2.05, 4.69) is 97.9 Å². The molecule has 0 atom stereocenters. The summed E-state index contributed by atoms with van der Waals surface area (Å²) in [6, 6.07) is 0. The van der Waals surface area contributed by atoms with Gasteiger partial charge in [-0.25, -0.2) is 0 Å². The predicted octanol–water partition coefficient (Wildman–Crippen LogP) is 9.36. The van der Waals surface area contributed by atoms with Crippen LogP contribution >= 0.6 is 0 Å². The molecule has 35 heavy (non-hydrogen) atoms. The Bertz CT molecular complexity index is 748. The average Bonchev–Trinajstić information content (AvgIpc) is 3.13. The number of allylic oxidation sites excluding steroid dienone is 4. The van der Waals surface area contributed by atoms with Crippen LogP contribution in [0.15, 0.2) is 29.5 Å². The van der Waals surface area contributed by atoms with Crippen molar-refractivity contribution in [1.82, 2.24) is 15.0 Å². The summed E-state index contributed by atoms with van der Waals surface area (Å²) in [5.74, 6) is 0. The van der Waals surface area contributed by atoms with Crippen LogP contribution in [0.3, 0.4) is 0 Å². The molecule has 0 amide bonds. The van der Waals surface area contributed by atoms with Gasteiger partial charge in [-0.05, 0) is 83.5 Å². The fraction of sp³-hybridized carbons (Fsp3) is 0.806. The van der Waals surface area contributed by atoms with Crippen molar-refractivity contribution >= 4 is 0 Å². The number of aryl methyl sites for hydroxylation is 1. The minimum Gasteiger partial charge on any atom is -0.375 e. The maximum atomic E-state index is 6.29. The van der Waals surface area contributed by atoms with Gasteiger partial charge in [0.15, 0.2) is 0 Å². The zero-order chi connectivity index (χ0) is 27.1. The summed E-state index contributed by atoms with van der Waals surface area (Å²) in [7, 11) is 0. The van der Waals surface area contributed by atoms with E-state index in [1.165, 1.54) is 24.0 Å². The maximum Gasteiger partial charge on any atom is 0.0855 e. The highest BCUT2D eigenvalue weighted by Gasteiger charge is 2.27. The Morgan fingerprint density at radius 2 is 1.60 bits per heavy atom. The van der Waals surface area contributed by atoms with Gasteiger partial charge in [-0.15, -0.1) is 5.10 Å². The van der Waals surface area contributed by atoms with E-state index in [-0.39, 0.29) is 11.0 Å². The van der Waals surface area contributed by atoms with E-state index in [1.807, 2.05) is 18.5 Å². The minimum atomic E-state index is -0.234. The molecule has 0 aromatic carbocycles. The van der Waals surface area contributed by atoms with Crippen molar-refractivity contribution in [3.8, 4) is 0 Å². The van der Waals surface area contributed by atoms with Gasteiger partial charge in [-0.2, -0.15) is 0 Å². The number of ether oxygens (including phenoxy) is 1. The molecular formula is C31H59N3O. The van der Waals surface area contributed by atoms with Crippen molar-refractivity contribution in [1.29, 1.82) is 0 Å². The van der Waals surface area contributed by atoms with Crippen LogP contribution in [-0.4, -0.2) is 27.2 Å². The lowest BCUT2D eigenvalue weighted by atomic mass is 9.74. The molecule has 0 radical (unpaired) electrons. The Morgan fingerprint density at radius 1 is 0.971 bits per heavy atom. The number of aromatic nitrogens is 3. The summed E-state index contributed by atoms with van der Waals surface area (Å²) in [6.45, 7) is 28.3. The first-order chi connectivity index (χ1) is 16.2. The molecule has 0 bridgehead atoms. The van der Waals surface area contributed by atoms with Crippen LogP contribution in [0.2, 0.25) is 0 Å². The van der Waals surface area contributed by atoms with Gasteiger partial charge in [0.1, 0.15) is 0 Å². The highest BCUT2D eigenvalue weighted by molar-refractivity contribution is 5.03. The topological polar surface area (TPSA) is 39.9 Å². The van der Waals surface area contributed by atoms with Crippen molar-refractivity contribution in [2.75, 3.05) is 6.61 Å². The van der Waals surface area contributed by atoms with E-state index < -0.39 is 0 Å². The Kier molecular flexibility index (Phi) is 15.7. The molecule has 0 N–H and O–H groups in total. The van der Waals surface area contributed by atoms with E-state index in [4.69, 9.17) is 4.74 Å². The Balaban J connectivity index is 0.00000562. The van der Waals surface area contributed by atoms with Gasteiger partial charge in [0, 0.05) is 25.8 Å². The summed E-state index contributed by atoms with van der Waals surface area (Å²) >= 11 is 0. The fourth-order valence-electron chi connectivity index (χ4n) is 4.76. The van der Waals surface area contributed by atoms with Crippen molar-refractivity contribution in [2.45, 2.75) is 147 Å². The van der Waals surface area contributed by atoms with Crippen molar-refractivity contribution < 1.29 is 4.74 Å². The molecule has 4 nitrogen and oxygen atoms in total. The molecule has 1 aromatic rings. The van der Waals surface area contributed by atoms with Crippen molar-refractivity contribution in [3.63, 3.8) is 0 Å². The monoisotopic (exact) mass is 489 g/mol. The second-order valence-corrected chi connectivity index (χ2v) is 12.6. The lowest BCUT2D eigenvalue weighted by molar-refractivity contribution is -0.0319. The average molecular weight is 490 g/mol. The maximum absolute atomic E-state index is 6.29. The summed E-state index contributed by atoms with van der Waals surface area (Å²) in [4.78, 5) is 0. The van der Waals surface area contributed by atoms with Crippen molar-refractivity contribution in [3.05, 3.63) is 35.2 Å². The molecule has 0 saturated carbocycles. The van der Waals surface area contributed by atoms with Crippen LogP contribution in [0, 0.1) is 10.8 Å². The number of rotatable bonds is 15. The first-order valence-corrected chi connectivity index (χ1v) is 14.1. The molecule has 0 fully saturated rings. The molecular weight excluding hydrogens is 430 g/mol. The van der Waals surface area contributed by atoms with Gasteiger partial charge < -0.3 is 4.74 Å². The van der Waals surface area contributed by atoms with E-state index in [1.54, 1.807) is 0 Å². The first kappa shape index (κ1) is 33.6. The standard InChI is InChI=1S/C29H53N3O.C2H6/c1-11-14-24(2)15-12-16-25(3)17-13-19-32-22-26(30-31-32)21-29(9,10)33-20-18-28(7,8)23-27(4,5)6;1-2/h14,16,22H,11-13,15,17-21,23H2,1-10H3;1-2H3/b24-14+,25-16+;. The summed E-state index contributed by atoms with van der Waals surface area (Å²) < 4.78 is 8.27. The Labute approximate surface area is 219 Å². The van der Waals surface area contributed by atoms with Crippen LogP contribution in [0.25, 0.3) is 0 Å². The quantitative estimate of drug-likeness (QED) is 0.230. The molecule has 204 valence electrons. The lowest BCUT2D eigenvalue weighted by Crippen LogP contribution is -2.30. The van der Waals surface area contributed by atoms with Crippen LogP contribution < -0.4 is 0 Å². The SMILES string of the molecule is CC.CC/C=C(\C)CC/C=C(\C)CCCn1cc(CC(C)(C)OCCC(C)(C)CC(C)(C)C)nn1. The van der Waals surface area contributed by atoms with Crippen LogP contribution in [0.4, 0.5) is 0 Å². The van der Waals surface area contributed by atoms with Gasteiger partial charge in [0.05, 0.1) is 11.3 Å². The molecule has 0 aliphatic carbocycles. The first-order valence-electron chi connectivity index (χ1n) is 14.1. The smallest absolute Gasteiger partial charge is 0.0855 e. The number of hydrogen-bond donors (Lipinski definition) is 0. The minimum absolute atomic E-state index is 0.234. The molecule has 1 heterocycles. The normalized spacial score (nSPS) is 13.6. The van der Waals surface area contributed by atoms with Crippen LogP contribution in [0.5, 0.6) is 0 Å². The second kappa shape index (κ2) is 16.3. The van der Waals surface area contributed by atoms with Gasteiger partial charge >= 0.3 is 0 Å². The highest BCUT2D eigenvalue weighted by atomic mass is 16.5. The van der Waals surface area contributed by atoms with E-state index >= 15 is 0 Å². The molecule has 1 rings (SSSR count). The van der Waals surface area contributed by atoms with E-state index in [0.29, 0.717) is 5.41 Å². The van der Waals surface area contributed by atoms with Gasteiger partial charge in [-0.3, -0.25) is 4.68 Å². The number of nitrogens with zero attached hydrogens (tertiary/aromatic N) is 3.